The third-order valence-electron chi connectivity index (χ3n) is 4.02. The van der Waals surface area contributed by atoms with Gasteiger partial charge in [-0.25, -0.2) is 0 Å². The van der Waals surface area contributed by atoms with Crippen molar-refractivity contribution in [2.24, 2.45) is 0 Å². The van der Waals surface area contributed by atoms with Crippen LogP contribution in [0.2, 0.25) is 0 Å². The summed E-state index contributed by atoms with van der Waals surface area (Å²) >= 11 is 0. The molecule has 0 amide bonds. The van der Waals surface area contributed by atoms with E-state index in [0.29, 0.717) is 23.8 Å². The fourth-order valence-electron chi connectivity index (χ4n) is 2.01. The number of hydrogen-bond donors (Lipinski definition) is 0. The first-order valence-corrected chi connectivity index (χ1v) is 14.9. The van der Waals surface area contributed by atoms with Crippen LogP contribution in [0.25, 0.3) is 0 Å². The van der Waals surface area contributed by atoms with Crippen LogP contribution >= 0.6 is 23.8 Å². The Kier molecular flexibility index (Phi) is 40.1. The standard InChI is InChI=1S/3C6H15P.Pt/c3*1-4-7(5-2)6-3;/h3*4-6H2,1-3H3;. The second-order valence-corrected chi connectivity index (χ2v) is 14.6. The van der Waals surface area contributed by atoms with Crippen LogP contribution in [0.3, 0.4) is 0 Å². The average Bonchev–Trinajstić information content (AvgIpc) is 2.54. The van der Waals surface area contributed by atoms with Crippen molar-refractivity contribution in [2.75, 3.05) is 55.5 Å². The van der Waals surface area contributed by atoms with Gasteiger partial charge in [0, 0.05) is 21.1 Å². The molecule has 0 aliphatic carbocycles. The predicted molar refractivity (Wildman–Crippen MR) is 116 cm³/mol. The molecule has 0 atom stereocenters. The Bertz CT molecular complexity index is 111. The monoisotopic (exact) mass is 549 g/mol. The molecule has 0 unspecified atom stereocenters. The van der Waals surface area contributed by atoms with Gasteiger partial charge in [0.15, 0.2) is 0 Å². The zero-order valence-electron chi connectivity index (χ0n) is 17.0. The van der Waals surface area contributed by atoms with Crippen molar-refractivity contribution >= 4 is 23.8 Å². The van der Waals surface area contributed by atoms with Crippen LogP contribution < -0.4 is 0 Å². The van der Waals surface area contributed by atoms with Crippen LogP contribution in [-0.2, 0) is 21.1 Å². The van der Waals surface area contributed by atoms with Gasteiger partial charge in [-0.3, -0.25) is 0 Å². The molecule has 0 rings (SSSR count). The number of hydrogen-bond acceptors (Lipinski definition) is 0. The molecule has 0 bridgehead atoms. The summed E-state index contributed by atoms with van der Waals surface area (Å²) in [5.74, 6) is 0. The maximum absolute atomic E-state index is 2.29. The Morgan fingerprint density at radius 2 is 0.409 bits per heavy atom. The smallest absolute Gasteiger partial charge is 0 e. The van der Waals surface area contributed by atoms with E-state index in [0.717, 1.165) is 0 Å². The molecule has 0 saturated heterocycles. The van der Waals surface area contributed by atoms with Gasteiger partial charge in [-0.2, -0.15) is 0 Å². The summed E-state index contributed by atoms with van der Waals surface area (Å²) in [5, 5.41) is 0. The molecule has 0 aromatic rings. The molecule has 0 aliphatic heterocycles. The fourth-order valence-corrected chi connectivity index (χ4v) is 6.04. The average molecular weight is 550 g/mol. The van der Waals surface area contributed by atoms with Crippen LogP contribution in [0.4, 0.5) is 0 Å². The van der Waals surface area contributed by atoms with E-state index >= 15 is 0 Å². The van der Waals surface area contributed by atoms with E-state index in [1.54, 1.807) is 0 Å². The molecular formula is C18H45P3Pt. The summed E-state index contributed by atoms with van der Waals surface area (Å²) in [6, 6.07) is 0. The van der Waals surface area contributed by atoms with Gasteiger partial charge in [0.2, 0.25) is 0 Å². The molecule has 0 nitrogen and oxygen atoms in total. The van der Waals surface area contributed by atoms with Gasteiger partial charge < -0.3 is 0 Å². The largest absolute Gasteiger partial charge is 0.108 e. The van der Waals surface area contributed by atoms with Crippen molar-refractivity contribution in [3.05, 3.63) is 0 Å². The minimum Gasteiger partial charge on any atom is -0.108 e. The molecule has 0 spiro atoms. The summed E-state index contributed by atoms with van der Waals surface area (Å²) in [6.07, 6.45) is 12.8. The van der Waals surface area contributed by atoms with Gasteiger partial charge in [-0.15, -0.1) is 23.8 Å². The first-order chi connectivity index (χ1) is 10.0. The zero-order chi connectivity index (χ0) is 17.1. The SMILES string of the molecule is CCP(CC)CC.CCP(CC)CC.CCP(CC)CC.[Pt]. The van der Waals surface area contributed by atoms with Crippen LogP contribution in [0.5, 0.6) is 0 Å². The molecule has 0 radical (unpaired) electrons. The van der Waals surface area contributed by atoms with Crippen molar-refractivity contribution in [3.63, 3.8) is 0 Å². The third-order valence-corrected chi connectivity index (χ3v) is 12.1. The number of rotatable bonds is 9. The van der Waals surface area contributed by atoms with E-state index in [2.05, 4.69) is 62.3 Å². The summed E-state index contributed by atoms with van der Waals surface area (Å²) in [7, 11) is 1.34. The molecule has 0 saturated carbocycles. The predicted octanol–water partition coefficient (Wildman–Crippen LogP) is 7.58. The first-order valence-electron chi connectivity index (χ1n) is 9.21. The third kappa shape index (κ3) is 24.2. The normalized spacial score (nSPS) is 9.82. The zero-order valence-corrected chi connectivity index (χ0v) is 22.0. The summed E-state index contributed by atoms with van der Waals surface area (Å²) in [6.45, 7) is 20.6. The van der Waals surface area contributed by atoms with Gasteiger partial charge in [0.1, 0.15) is 0 Å². The Labute approximate surface area is 162 Å². The summed E-state index contributed by atoms with van der Waals surface area (Å²) < 4.78 is 0. The fraction of sp³-hybridized carbons (Fsp3) is 1.00. The minimum atomic E-state index is 0. The van der Waals surface area contributed by atoms with Crippen LogP contribution in [-0.4, -0.2) is 55.5 Å². The van der Waals surface area contributed by atoms with E-state index in [9.17, 15) is 0 Å². The van der Waals surface area contributed by atoms with E-state index < -0.39 is 0 Å². The molecule has 0 N–H and O–H groups in total. The van der Waals surface area contributed by atoms with Gasteiger partial charge >= 0.3 is 0 Å². The van der Waals surface area contributed by atoms with Crippen molar-refractivity contribution in [1.82, 2.24) is 0 Å². The molecule has 0 heterocycles. The van der Waals surface area contributed by atoms with Crippen LogP contribution in [0.15, 0.2) is 0 Å². The summed E-state index contributed by atoms with van der Waals surface area (Å²) in [4.78, 5) is 0. The Morgan fingerprint density at radius 3 is 0.409 bits per heavy atom. The minimum absolute atomic E-state index is 0. The van der Waals surface area contributed by atoms with Gasteiger partial charge in [0.25, 0.3) is 0 Å². The second kappa shape index (κ2) is 27.8. The Balaban J connectivity index is -0.000000108. The van der Waals surface area contributed by atoms with Crippen molar-refractivity contribution in [1.29, 1.82) is 0 Å². The molecule has 0 aliphatic rings. The van der Waals surface area contributed by atoms with Crippen molar-refractivity contribution < 1.29 is 21.1 Å². The topological polar surface area (TPSA) is 0 Å². The first kappa shape index (κ1) is 31.7. The summed E-state index contributed by atoms with van der Waals surface area (Å²) in [5.41, 5.74) is 0. The van der Waals surface area contributed by atoms with Gasteiger partial charge in [-0.1, -0.05) is 62.3 Å². The second-order valence-electron chi connectivity index (χ2n) is 4.86. The Hall–Kier alpha value is 1.98. The van der Waals surface area contributed by atoms with Crippen molar-refractivity contribution in [3.8, 4) is 0 Å². The quantitative estimate of drug-likeness (QED) is 0.260. The van der Waals surface area contributed by atoms with Crippen LogP contribution in [0.1, 0.15) is 62.3 Å². The molecular weight excluding hydrogens is 504 g/mol. The molecule has 22 heavy (non-hydrogen) atoms. The molecule has 142 valence electrons. The molecule has 0 aromatic carbocycles. The van der Waals surface area contributed by atoms with E-state index in [4.69, 9.17) is 0 Å². The van der Waals surface area contributed by atoms with E-state index in [1.807, 2.05) is 0 Å². The van der Waals surface area contributed by atoms with Crippen LogP contribution in [0, 0.1) is 0 Å². The molecule has 0 aromatic heterocycles. The van der Waals surface area contributed by atoms with Crippen molar-refractivity contribution in [2.45, 2.75) is 62.3 Å². The van der Waals surface area contributed by atoms with Gasteiger partial charge in [0.05, 0.1) is 0 Å². The molecule has 4 heteroatoms. The molecule has 0 fully saturated rings. The van der Waals surface area contributed by atoms with E-state index in [-0.39, 0.29) is 21.1 Å². The Morgan fingerprint density at radius 1 is 0.318 bits per heavy atom. The maximum atomic E-state index is 2.29. The van der Waals surface area contributed by atoms with Gasteiger partial charge in [-0.05, 0) is 55.5 Å². The maximum Gasteiger partial charge on any atom is 0 e. The van der Waals surface area contributed by atoms with E-state index in [1.165, 1.54) is 55.5 Å².